The normalized spacial score (nSPS) is 11.3. The molecule has 3 rings (SSSR count). The Hall–Kier alpha value is -2.61. The maximum atomic E-state index is 10.5. The van der Waals surface area contributed by atoms with Crippen LogP contribution >= 0.6 is 0 Å². The number of carbonyl (C=O) groups is 1. The van der Waals surface area contributed by atoms with Gasteiger partial charge in [0.2, 0.25) is 0 Å². The first-order chi connectivity index (χ1) is 10.9. The third-order valence-corrected chi connectivity index (χ3v) is 3.80. The van der Waals surface area contributed by atoms with Crippen LogP contribution in [0.3, 0.4) is 0 Å². The number of benzene rings is 2. The number of hydrogen-bond donors (Lipinski definition) is 0. The smallest absolute Gasteiger partial charge is 0.120 e. The highest BCUT2D eigenvalue weighted by molar-refractivity contribution is 5.92. The molecule has 0 aliphatic carbocycles. The molecule has 0 aliphatic heterocycles. The number of para-hydroxylation sites is 1. The molecule has 2 aromatic carbocycles. The Morgan fingerprint density at radius 1 is 0.909 bits per heavy atom. The maximum Gasteiger partial charge on any atom is 0.120 e. The molecule has 0 spiro atoms. The number of hydrogen-bond acceptors (Lipinski definition) is 1. The van der Waals surface area contributed by atoms with Crippen LogP contribution in [-0.2, 0) is 11.3 Å². The fraction of sp³-hybridized carbons (Fsp3) is 0.150. The van der Waals surface area contributed by atoms with Crippen LogP contribution in [-0.4, -0.2) is 10.9 Å². The molecule has 0 N–H and O–H groups in total. The van der Waals surface area contributed by atoms with E-state index < -0.39 is 0 Å². The maximum absolute atomic E-state index is 10.5. The van der Waals surface area contributed by atoms with E-state index in [0.717, 1.165) is 19.3 Å². The Labute approximate surface area is 130 Å². The summed E-state index contributed by atoms with van der Waals surface area (Å²) in [6, 6.07) is 18.7. The van der Waals surface area contributed by atoms with Crippen molar-refractivity contribution in [2.24, 2.45) is 0 Å². The van der Waals surface area contributed by atoms with E-state index in [1.165, 1.54) is 22.0 Å². The van der Waals surface area contributed by atoms with Crippen molar-refractivity contribution in [2.45, 2.75) is 19.4 Å². The lowest BCUT2D eigenvalue weighted by molar-refractivity contribution is -0.107. The highest BCUT2D eigenvalue weighted by atomic mass is 16.1. The van der Waals surface area contributed by atoms with Crippen molar-refractivity contribution in [3.8, 4) is 0 Å². The van der Waals surface area contributed by atoms with Gasteiger partial charge in [-0.05, 0) is 23.6 Å². The minimum Gasteiger partial charge on any atom is -0.347 e. The highest BCUT2D eigenvalue weighted by Crippen LogP contribution is 2.23. The van der Waals surface area contributed by atoms with E-state index in [0.29, 0.717) is 6.42 Å². The number of aldehydes is 1. The summed E-state index contributed by atoms with van der Waals surface area (Å²) in [6.07, 6.45) is 8.95. The molecule has 0 radical (unpaired) electrons. The molecule has 0 bridgehead atoms. The van der Waals surface area contributed by atoms with Crippen molar-refractivity contribution >= 4 is 29.3 Å². The summed E-state index contributed by atoms with van der Waals surface area (Å²) < 4.78 is 2.24. The van der Waals surface area contributed by atoms with Crippen LogP contribution in [0.15, 0.2) is 60.8 Å². The van der Waals surface area contributed by atoms with E-state index in [1.807, 2.05) is 18.2 Å². The van der Waals surface area contributed by atoms with Gasteiger partial charge in [-0.3, -0.25) is 0 Å². The van der Waals surface area contributed by atoms with E-state index in [9.17, 15) is 4.79 Å². The number of fused-ring (bicyclic) bond motifs is 1. The Morgan fingerprint density at radius 3 is 2.50 bits per heavy atom. The van der Waals surface area contributed by atoms with E-state index in [2.05, 4.69) is 59.3 Å². The molecule has 0 fully saturated rings. The number of rotatable bonds is 6. The number of aryl methyl sites for hydroxylation is 1. The fourth-order valence-electron chi connectivity index (χ4n) is 2.69. The van der Waals surface area contributed by atoms with Crippen molar-refractivity contribution in [1.29, 1.82) is 0 Å². The molecule has 0 saturated carbocycles. The quantitative estimate of drug-likeness (QED) is 0.472. The molecule has 0 aliphatic rings. The number of carbonyl (C=O) groups excluding carboxylic acids is 1. The third-order valence-electron chi connectivity index (χ3n) is 3.80. The van der Waals surface area contributed by atoms with Crippen LogP contribution in [0.25, 0.3) is 23.1 Å². The van der Waals surface area contributed by atoms with Crippen LogP contribution in [0.1, 0.15) is 24.0 Å². The van der Waals surface area contributed by atoms with Gasteiger partial charge in [0.15, 0.2) is 0 Å². The summed E-state index contributed by atoms with van der Waals surface area (Å²) >= 11 is 0. The Bertz CT molecular complexity index is 784. The van der Waals surface area contributed by atoms with Crippen molar-refractivity contribution in [1.82, 2.24) is 4.57 Å². The fourth-order valence-corrected chi connectivity index (χ4v) is 2.69. The van der Waals surface area contributed by atoms with Gasteiger partial charge in [0.25, 0.3) is 0 Å². The Morgan fingerprint density at radius 2 is 1.68 bits per heavy atom. The minimum absolute atomic E-state index is 0.613. The van der Waals surface area contributed by atoms with Gasteiger partial charge in [-0.2, -0.15) is 0 Å². The molecule has 2 nitrogen and oxygen atoms in total. The second-order valence-corrected chi connectivity index (χ2v) is 5.35. The van der Waals surface area contributed by atoms with Crippen LogP contribution < -0.4 is 0 Å². The molecule has 1 heterocycles. The molecule has 0 atom stereocenters. The van der Waals surface area contributed by atoms with Gasteiger partial charge in [-0.1, -0.05) is 60.7 Å². The molecule has 1 aromatic heterocycles. The second kappa shape index (κ2) is 6.90. The molecule has 110 valence electrons. The molecular weight excluding hydrogens is 270 g/mol. The van der Waals surface area contributed by atoms with Gasteiger partial charge >= 0.3 is 0 Å². The van der Waals surface area contributed by atoms with Gasteiger partial charge < -0.3 is 9.36 Å². The summed E-state index contributed by atoms with van der Waals surface area (Å²) in [7, 11) is 0. The van der Waals surface area contributed by atoms with Crippen molar-refractivity contribution < 1.29 is 4.79 Å². The number of unbranched alkanes of at least 4 members (excludes halogenated alkanes) is 1. The zero-order valence-electron chi connectivity index (χ0n) is 12.5. The largest absolute Gasteiger partial charge is 0.347 e. The first-order valence-electron chi connectivity index (χ1n) is 7.63. The monoisotopic (exact) mass is 289 g/mol. The van der Waals surface area contributed by atoms with Crippen molar-refractivity contribution in [3.05, 3.63) is 71.9 Å². The van der Waals surface area contributed by atoms with E-state index in [1.54, 1.807) is 0 Å². The Balaban J connectivity index is 1.92. The summed E-state index contributed by atoms with van der Waals surface area (Å²) in [5.74, 6) is 0. The number of aromatic nitrogens is 1. The molecule has 0 amide bonds. The standard InChI is InChI=1S/C20H19NO/c22-15-7-6-14-21-16-18(19-10-4-5-11-20(19)21)13-12-17-8-2-1-3-9-17/h1-5,8-13,15-16H,6-7,14H2/b13-12+. The lowest BCUT2D eigenvalue weighted by Gasteiger charge is -2.02. The molecule has 3 aromatic rings. The molecule has 0 saturated heterocycles. The summed E-state index contributed by atoms with van der Waals surface area (Å²) in [5.41, 5.74) is 3.63. The topological polar surface area (TPSA) is 22.0 Å². The predicted octanol–water partition coefficient (Wildman–Crippen LogP) is 4.79. The van der Waals surface area contributed by atoms with Crippen LogP contribution in [0.2, 0.25) is 0 Å². The SMILES string of the molecule is O=CCCCn1cc(/C=C/c2ccccc2)c2ccccc21. The van der Waals surface area contributed by atoms with Gasteiger partial charge in [0, 0.05) is 30.1 Å². The average Bonchev–Trinajstić information content (AvgIpc) is 2.93. The highest BCUT2D eigenvalue weighted by Gasteiger charge is 2.05. The van der Waals surface area contributed by atoms with Crippen LogP contribution in [0, 0.1) is 0 Å². The zero-order valence-corrected chi connectivity index (χ0v) is 12.5. The van der Waals surface area contributed by atoms with E-state index >= 15 is 0 Å². The molecular formula is C20H19NO. The predicted molar refractivity (Wildman–Crippen MR) is 92.6 cm³/mol. The van der Waals surface area contributed by atoms with Gasteiger partial charge in [0.1, 0.15) is 6.29 Å². The lowest BCUT2D eigenvalue weighted by atomic mass is 10.1. The van der Waals surface area contributed by atoms with Crippen LogP contribution in [0.5, 0.6) is 0 Å². The van der Waals surface area contributed by atoms with E-state index in [-0.39, 0.29) is 0 Å². The van der Waals surface area contributed by atoms with Gasteiger partial charge in [-0.25, -0.2) is 0 Å². The average molecular weight is 289 g/mol. The van der Waals surface area contributed by atoms with Gasteiger partial charge in [0.05, 0.1) is 0 Å². The first kappa shape index (κ1) is 14.3. The van der Waals surface area contributed by atoms with Gasteiger partial charge in [-0.15, -0.1) is 0 Å². The minimum atomic E-state index is 0.613. The summed E-state index contributed by atoms with van der Waals surface area (Å²) in [5, 5.41) is 1.25. The first-order valence-corrected chi connectivity index (χ1v) is 7.63. The van der Waals surface area contributed by atoms with Crippen molar-refractivity contribution in [3.63, 3.8) is 0 Å². The van der Waals surface area contributed by atoms with Crippen molar-refractivity contribution in [2.75, 3.05) is 0 Å². The molecule has 22 heavy (non-hydrogen) atoms. The summed E-state index contributed by atoms with van der Waals surface area (Å²) in [4.78, 5) is 10.5. The van der Waals surface area contributed by atoms with Crippen LogP contribution in [0.4, 0.5) is 0 Å². The number of nitrogens with zero attached hydrogens (tertiary/aromatic N) is 1. The Kier molecular flexibility index (Phi) is 4.50. The zero-order chi connectivity index (χ0) is 15.2. The molecule has 2 heteroatoms. The summed E-state index contributed by atoms with van der Waals surface area (Å²) in [6.45, 7) is 0.873. The lowest BCUT2D eigenvalue weighted by Crippen LogP contribution is -1.95. The second-order valence-electron chi connectivity index (χ2n) is 5.35. The molecule has 0 unspecified atom stereocenters. The van der Waals surface area contributed by atoms with E-state index in [4.69, 9.17) is 0 Å². The third kappa shape index (κ3) is 3.17.